The average molecular weight is 163 g/mol. The van der Waals surface area contributed by atoms with Crippen LogP contribution in [0.25, 0.3) is 0 Å². The van der Waals surface area contributed by atoms with E-state index in [-0.39, 0.29) is 0 Å². The normalized spacial score (nSPS) is 20.7. The maximum Gasteiger partial charge on any atom is 0.488 e. The Bertz CT molecular complexity index is 269. The molecule has 0 unspecified atom stereocenters. The van der Waals surface area contributed by atoms with Crippen molar-refractivity contribution in [3.8, 4) is 0 Å². The lowest BCUT2D eigenvalue weighted by Crippen LogP contribution is -2.29. The topological polar surface area (TPSA) is 62.4 Å². The second-order valence-corrected chi connectivity index (χ2v) is 3.00. The molecule has 1 aromatic carbocycles. The molecule has 0 aromatic heterocycles. The molecule has 0 spiro atoms. The third-order valence-corrected chi connectivity index (χ3v) is 2.02. The SMILES string of the molecule is OB(O)c1cccc([C@@H]2CN2)c1. The van der Waals surface area contributed by atoms with Gasteiger partial charge < -0.3 is 15.4 Å². The van der Waals surface area contributed by atoms with E-state index in [1.165, 1.54) is 0 Å². The maximum absolute atomic E-state index is 8.89. The van der Waals surface area contributed by atoms with E-state index < -0.39 is 7.12 Å². The van der Waals surface area contributed by atoms with Crippen LogP contribution in [0.1, 0.15) is 11.6 Å². The van der Waals surface area contributed by atoms with Crippen LogP contribution in [-0.2, 0) is 0 Å². The summed E-state index contributed by atoms with van der Waals surface area (Å²) in [6.07, 6.45) is 0. The second-order valence-electron chi connectivity index (χ2n) is 3.00. The minimum Gasteiger partial charge on any atom is -0.423 e. The van der Waals surface area contributed by atoms with Crippen molar-refractivity contribution in [1.82, 2.24) is 5.32 Å². The lowest BCUT2D eigenvalue weighted by molar-refractivity contribution is 0.425. The first-order chi connectivity index (χ1) is 5.77. The highest BCUT2D eigenvalue weighted by molar-refractivity contribution is 6.58. The molecule has 4 heteroatoms. The standard InChI is InChI=1S/C8H10BNO2/c11-9(12)7-3-1-2-6(4-7)8-5-10-8/h1-4,8,10-12H,5H2/t8-/m0/s1. The molecule has 1 heterocycles. The molecule has 1 aliphatic rings. The number of nitrogens with one attached hydrogen (secondary N) is 1. The van der Waals surface area contributed by atoms with Gasteiger partial charge in [-0.15, -0.1) is 0 Å². The van der Waals surface area contributed by atoms with Gasteiger partial charge in [-0.05, 0) is 11.0 Å². The van der Waals surface area contributed by atoms with Gasteiger partial charge >= 0.3 is 7.12 Å². The fraction of sp³-hybridized carbons (Fsp3) is 0.250. The Kier molecular flexibility index (Phi) is 1.88. The van der Waals surface area contributed by atoms with Gasteiger partial charge in [0.1, 0.15) is 0 Å². The van der Waals surface area contributed by atoms with Gasteiger partial charge in [0.15, 0.2) is 0 Å². The van der Waals surface area contributed by atoms with Gasteiger partial charge in [-0.2, -0.15) is 0 Å². The van der Waals surface area contributed by atoms with Gasteiger partial charge in [0.05, 0.1) is 0 Å². The number of benzene rings is 1. The smallest absolute Gasteiger partial charge is 0.423 e. The zero-order valence-electron chi connectivity index (χ0n) is 6.57. The van der Waals surface area contributed by atoms with E-state index in [0.29, 0.717) is 11.5 Å². The van der Waals surface area contributed by atoms with Crippen LogP contribution >= 0.6 is 0 Å². The van der Waals surface area contributed by atoms with Crippen LogP contribution in [-0.4, -0.2) is 23.7 Å². The largest absolute Gasteiger partial charge is 0.488 e. The molecule has 0 bridgehead atoms. The first kappa shape index (κ1) is 7.80. The summed E-state index contributed by atoms with van der Waals surface area (Å²) in [6, 6.07) is 7.76. The zero-order chi connectivity index (χ0) is 8.55. The summed E-state index contributed by atoms with van der Waals surface area (Å²) in [7, 11) is -1.36. The van der Waals surface area contributed by atoms with Crippen molar-refractivity contribution in [2.24, 2.45) is 0 Å². The molecule has 12 heavy (non-hydrogen) atoms. The van der Waals surface area contributed by atoms with E-state index >= 15 is 0 Å². The summed E-state index contributed by atoms with van der Waals surface area (Å²) in [5.74, 6) is 0. The monoisotopic (exact) mass is 163 g/mol. The van der Waals surface area contributed by atoms with Crippen LogP contribution in [0.4, 0.5) is 0 Å². The second kappa shape index (κ2) is 2.90. The van der Waals surface area contributed by atoms with Crippen molar-refractivity contribution >= 4 is 12.6 Å². The van der Waals surface area contributed by atoms with Crippen molar-refractivity contribution in [3.63, 3.8) is 0 Å². The third-order valence-electron chi connectivity index (χ3n) is 2.02. The van der Waals surface area contributed by atoms with E-state index in [0.717, 1.165) is 12.1 Å². The predicted molar refractivity (Wildman–Crippen MR) is 47.0 cm³/mol. The van der Waals surface area contributed by atoms with E-state index in [9.17, 15) is 0 Å². The summed E-state index contributed by atoms with van der Waals surface area (Å²) < 4.78 is 0. The summed E-state index contributed by atoms with van der Waals surface area (Å²) in [5, 5.41) is 20.9. The highest BCUT2D eigenvalue weighted by Gasteiger charge is 2.23. The molecule has 0 saturated carbocycles. The van der Waals surface area contributed by atoms with Crippen molar-refractivity contribution in [2.75, 3.05) is 6.54 Å². The zero-order valence-corrected chi connectivity index (χ0v) is 6.57. The Morgan fingerprint density at radius 3 is 2.75 bits per heavy atom. The summed E-state index contributed by atoms with van der Waals surface area (Å²) in [5.41, 5.74) is 1.68. The Balaban J connectivity index is 2.26. The molecule has 1 saturated heterocycles. The van der Waals surface area contributed by atoms with Crippen LogP contribution in [0.3, 0.4) is 0 Å². The Hall–Kier alpha value is -0.835. The number of rotatable bonds is 2. The number of hydrogen-bond donors (Lipinski definition) is 3. The Morgan fingerprint density at radius 2 is 2.17 bits per heavy atom. The van der Waals surface area contributed by atoms with Gasteiger partial charge in [0.25, 0.3) is 0 Å². The van der Waals surface area contributed by atoms with Crippen molar-refractivity contribution in [1.29, 1.82) is 0 Å². The van der Waals surface area contributed by atoms with Gasteiger partial charge in [-0.3, -0.25) is 0 Å². The molecule has 1 atom stereocenters. The highest BCUT2D eigenvalue weighted by Crippen LogP contribution is 2.19. The first-order valence-electron chi connectivity index (χ1n) is 3.97. The van der Waals surface area contributed by atoms with Crippen LogP contribution in [0.15, 0.2) is 24.3 Å². The third kappa shape index (κ3) is 1.50. The predicted octanol–water partition coefficient (Wildman–Crippen LogP) is -0.989. The molecule has 62 valence electrons. The van der Waals surface area contributed by atoms with Gasteiger partial charge in [0.2, 0.25) is 0 Å². The Labute approximate surface area is 71.2 Å². The molecule has 1 fully saturated rings. The minimum atomic E-state index is -1.36. The summed E-state index contributed by atoms with van der Waals surface area (Å²) in [4.78, 5) is 0. The molecular formula is C8H10BNO2. The van der Waals surface area contributed by atoms with Gasteiger partial charge in [-0.25, -0.2) is 0 Å². The summed E-state index contributed by atoms with van der Waals surface area (Å²) >= 11 is 0. The van der Waals surface area contributed by atoms with Crippen LogP contribution in [0.2, 0.25) is 0 Å². The van der Waals surface area contributed by atoms with Crippen molar-refractivity contribution in [2.45, 2.75) is 6.04 Å². The molecule has 2 rings (SSSR count). The first-order valence-corrected chi connectivity index (χ1v) is 3.97. The highest BCUT2D eigenvalue weighted by atomic mass is 16.4. The number of hydrogen-bond acceptors (Lipinski definition) is 3. The molecule has 1 aliphatic heterocycles. The Morgan fingerprint density at radius 1 is 1.42 bits per heavy atom. The maximum atomic E-state index is 8.89. The minimum absolute atomic E-state index is 0.420. The van der Waals surface area contributed by atoms with Crippen molar-refractivity contribution in [3.05, 3.63) is 29.8 Å². The van der Waals surface area contributed by atoms with Gasteiger partial charge in [-0.1, -0.05) is 24.3 Å². The molecule has 3 nitrogen and oxygen atoms in total. The van der Waals surface area contributed by atoms with Crippen LogP contribution in [0.5, 0.6) is 0 Å². The molecular weight excluding hydrogens is 153 g/mol. The molecule has 1 aromatic rings. The van der Waals surface area contributed by atoms with E-state index in [1.54, 1.807) is 6.07 Å². The fourth-order valence-corrected chi connectivity index (χ4v) is 1.23. The molecule has 0 aliphatic carbocycles. The lowest BCUT2D eigenvalue weighted by Gasteiger charge is -2.01. The molecule has 3 N–H and O–H groups in total. The van der Waals surface area contributed by atoms with Crippen LogP contribution in [0, 0.1) is 0 Å². The molecule has 0 radical (unpaired) electrons. The van der Waals surface area contributed by atoms with Gasteiger partial charge in [0, 0.05) is 12.6 Å². The summed E-state index contributed by atoms with van der Waals surface area (Å²) in [6.45, 7) is 0.991. The van der Waals surface area contributed by atoms with E-state index in [4.69, 9.17) is 10.0 Å². The lowest BCUT2D eigenvalue weighted by atomic mass is 9.79. The average Bonchev–Trinajstić information content (AvgIpc) is 2.87. The van der Waals surface area contributed by atoms with Crippen LogP contribution < -0.4 is 10.8 Å². The van der Waals surface area contributed by atoms with E-state index in [2.05, 4.69) is 5.32 Å². The fourth-order valence-electron chi connectivity index (χ4n) is 1.23. The van der Waals surface area contributed by atoms with E-state index in [1.807, 2.05) is 18.2 Å². The van der Waals surface area contributed by atoms with Crippen molar-refractivity contribution < 1.29 is 10.0 Å². The quantitative estimate of drug-likeness (QED) is 0.387. The molecule has 0 amide bonds.